The molecule has 1 aliphatic rings. The Labute approximate surface area is 284 Å². The number of benzene rings is 5. The number of carbonyl (C=O) groups excluding carboxylic acids is 1. The summed E-state index contributed by atoms with van der Waals surface area (Å²) in [6, 6.07) is 38.0. The Morgan fingerprint density at radius 3 is 2.22 bits per heavy atom. The molecule has 248 valence electrons. The molecule has 2 N–H and O–H groups in total. The summed E-state index contributed by atoms with van der Waals surface area (Å²) >= 11 is 0. The van der Waals surface area contributed by atoms with Crippen LogP contribution >= 0.6 is 0 Å². The molecule has 0 spiro atoms. The van der Waals surface area contributed by atoms with Crippen LogP contribution in [0, 0.1) is 11.6 Å². The Morgan fingerprint density at radius 2 is 1.53 bits per heavy atom. The maximum Gasteiger partial charge on any atom is 0.252 e. The van der Waals surface area contributed by atoms with E-state index in [2.05, 4.69) is 5.32 Å². The van der Waals surface area contributed by atoms with Crippen LogP contribution in [0.25, 0.3) is 17.2 Å². The number of hydrogen-bond acceptors (Lipinski definition) is 5. The van der Waals surface area contributed by atoms with Gasteiger partial charge >= 0.3 is 0 Å². The molecule has 0 aliphatic carbocycles. The van der Waals surface area contributed by atoms with Gasteiger partial charge in [-0.05, 0) is 52.6 Å². The molecule has 6 rings (SSSR count). The van der Waals surface area contributed by atoms with Gasteiger partial charge in [-0.3, -0.25) is 4.79 Å². The molecule has 0 fully saturated rings. The third-order valence-electron chi connectivity index (χ3n) is 8.34. The maximum absolute atomic E-state index is 14.6. The van der Waals surface area contributed by atoms with E-state index in [0.717, 1.165) is 34.4 Å². The van der Waals surface area contributed by atoms with Gasteiger partial charge in [-0.15, -0.1) is 0 Å². The van der Waals surface area contributed by atoms with E-state index in [1.165, 1.54) is 6.07 Å². The minimum Gasteiger partial charge on any atom is -0.494 e. The van der Waals surface area contributed by atoms with Crippen molar-refractivity contribution in [1.82, 2.24) is 5.32 Å². The highest BCUT2D eigenvalue weighted by atomic mass is 19.1. The predicted octanol–water partition coefficient (Wildman–Crippen LogP) is 8.07. The molecule has 2 atom stereocenters. The largest absolute Gasteiger partial charge is 0.494 e. The number of aliphatic imine (C=N–C) groups is 1. The Kier molecular flexibility index (Phi) is 10.6. The van der Waals surface area contributed by atoms with Gasteiger partial charge in [-0.25, -0.2) is 13.8 Å². The minimum absolute atomic E-state index is 0.0348. The van der Waals surface area contributed by atoms with Crippen molar-refractivity contribution in [2.45, 2.75) is 31.0 Å². The molecular formula is C41H36F2N2O4. The first-order chi connectivity index (χ1) is 23.9. The highest BCUT2D eigenvalue weighted by molar-refractivity contribution is 6.01. The van der Waals surface area contributed by atoms with Gasteiger partial charge in [0.15, 0.2) is 11.6 Å². The van der Waals surface area contributed by atoms with Crippen molar-refractivity contribution < 1.29 is 28.2 Å². The lowest BCUT2D eigenvalue weighted by molar-refractivity contribution is -0.129. The molecule has 5 aromatic rings. The minimum atomic E-state index is -1.48. The second-order valence-corrected chi connectivity index (χ2v) is 11.7. The zero-order valence-corrected chi connectivity index (χ0v) is 26.8. The zero-order chi connectivity index (χ0) is 34.1. The number of nitrogens with zero attached hydrogens (tertiary/aromatic N) is 1. The van der Waals surface area contributed by atoms with Crippen LogP contribution in [0.4, 0.5) is 8.78 Å². The first-order valence-electron chi connectivity index (χ1n) is 16.1. The van der Waals surface area contributed by atoms with Crippen molar-refractivity contribution in [3.8, 4) is 16.9 Å². The fourth-order valence-electron chi connectivity index (χ4n) is 5.73. The van der Waals surface area contributed by atoms with Gasteiger partial charge in [-0.1, -0.05) is 103 Å². The molecule has 0 aromatic heterocycles. The molecule has 49 heavy (non-hydrogen) atoms. The SMILES string of the molecule is O=C(NCc1ccc(F)cc1F)[C@]1(C/C=C/c2ccccc2)N=C(c2ccc(OCCCO)cc2)O[C@@H]1c1ccc(-c2ccccc2)cc1. The lowest BCUT2D eigenvalue weighted by Gasteiger charge is -2.30. The second kappa shape index (κ2) is 15.5. The van der Waals surface area contributed by atoms with E-state index in [4.69, 9.17) is 19.6 Å². The van der Waals surface area contributed by atoms with E-state index in [9.17, 15) is 13.6 Å². The van der Waals surface area contributed by atoms with Crippen LogP contribution in [-0.2, 0) is 16.1 Å². The molecule has 0 unspecified atom stereocenters. The van der Waals surface area contributed by atoms with E-state index < -0.39 is 29.2 Å². The van der Waals surface area contributed by atoms with E-state index >= 15 is 0 Å². The van der Waals surface area contributed by atoms with Crippen molar-refractivity contribution in [3.63, 3.8) is 0 Å². The second-order valence-electron chi connectivity index (χ2n) is 11.7. The Balaban J connectivity index is 1.39. The molecular weight excluding hydrogens is 622 g/mol. The maximum atomic E-state index is 14.6. The molecule has 1 heterocycles. The Bertz CT molecular complexity index is 1910. The molecule has 0 radical (unpaired) electrons. The summed E-state index contributed by atoms with van der Waals surface area (Å²) in [5, 5.41) is 12.0. The number of aliphatic hydroxyl groups is 1. The number of hydrogen-bond donors (Lipinski definition) is 2. The number of carbonyl (C=O) groups is 1. The van der Waals surface area contributed by atoms with E-state index in [1.54, 1.807) is 12.1 Å². The number of amides is 1. The zero-order valence-electron chi connectivity index (χ0n) is 26.8. The molecule has 8 heteroatoms. The summed E-state index contributed by atoms with van der Waals surface area (Å²) in [5.41, 5.74) is 3.05. The molecule has 1 aliphatic heterocycles. The van der Waals surface area contributed by atoms with Crippen LogP contribution in [0.3, 0.4) is 0 Å². The van der Waals surface area contributed by atoms with Gasteiger partial charge in [0.1, 0.15) is 17.4 Å². The van der Waals surface area contributed by atoms with Gasteiger partial charge in [0.05, 0.1) is 6.61 Å². The van der Waals surface area contributed by atoms with E-state index in [1.807, 2.05) is 109 Å². The first kappa shape index (κ1) is 33.3. The standard InChI is InChI=1S/C41H36F2N2O4/c42-35-21-18-34(37(43)27-35)28-44-40(47)41(24-7-11-29-9-3-1-4-10-29)38(32-16-14-31(15-17-32)30-12-5-2-6-13-30)49-39(45-41)33-19-22-36(23-20-33)48-26-8-25-46/h1-7,9-23,27,38,46H,8,24-26,28H2,(H,44,47)/b11-7+/t38-,41-/m1/s1. The number of aliphatic hydroxyl groups excluding tert-OH is 1. The van der Waals surface area contributed by atoms with E-state index in [-0.39, 0.29) is 31.0 Å². The summed E-state index contributed by atoms with van der Waals surface area (Å²) in [4.78, 5) is 19.5. The lowest BCUT2D eigenvalue weighted by atomic mass is 9.83. The molecule has 0 saturated heterocycles. The van der Waals surface area contributed by atoms with Crippen LogP contribution in [0.1, 0.15) is 41.2 Å². The normalized spacial score (nSPS) is 17.0. The summed E-state index contributed by atoms with van der Waals surface area (Å²) in [6.07, 6.45) is 3.66. The third kappa shape index (κ3) is 7.93. The molecule has 0 saturated carbocycles. The van der Waals surface area contributed by atoms with Crippen molar-refractivity contribution in [3.05, 3.63) is 167 Å². The third-order valence-corrected chi connectivity index (χ3v) is 8.34. The number of ether oxygens (including phenoxy) is 2. The summed E-state index contributed by atoms with van der Waals surface area (Å²) < 4.78 is 40.6. The van der Waals surface area contributed by atoms with Crippen molar-refractivity contribution in [1.29, 1.82) is 0 Å². The van der Waals surface area contributed by atoms with Crippen LogP contribution in [0.15, 0.2) is 138 Å². The lowest BCUT2D eigenvalue weighted by Crippen LogP contribution is -2.47. The van der Waals surface area contributed by atoms with Gasteiger partial charge in [-0.2, -0.15) is 0 Å². The predicted molar refractivity (Wildman–Crippen MR) is 187 cm³/mol. The molecule has 5 aromatic carbocycles. The van der Waals surface area contributed by atoms with Crippen molar-refractivity contribution in [2.24, 2.45) is 4.99 Å². The monoisotopic (exact) mass is 658 g/mol. The summed E-state index contributed by atoms with van der Waals surface area (Å²) in [7, 11) is 0. The number of nitrogens with one attached hydrogen (secondary N) is 1. The van der Waals surface area contributed by atoms with E-state index in [0.29, 0.717) is 24.3 Å². The molecule has 6 nitrogen and oxygen atoms in total. The van der Waals surface area contributed by atoms with Crippen LogP contribution in [0.5, 0.6) is 5.75 Å². The van der Waals surface area contributed by atoms with Crippen molar-refractivity contribution >= 4 is 17.9 Å². The number of halogens is 2. The average Bonchev–Trinajstić information content (AvgIpc) is 3.53. The van der Waals surface area contributed by atoms with Crippen LogP contribution < -0.4 is 10.1 Å². The van der Waals surface area contributed by atoms with Crippen LogP contribution in [-0.4, -0.2) is 35.7 Å². The summed E-state index contributed by atoms with van der Waals surface area (Å²) in [6.45, 7) is 0.243. The summed E-state index contributed by atoms with van der Waals surface area (Å²) in [5.74, 6) is -1.02. The Hall–Kier alpha value is -5.60. The average molecular weight is 659 g/mol. The van der Waals surface area contributed by atoms with Crippen LogP contribution in [0.2, 0.25) is 0 Å². The van der Waals surface area contributed by atoms with Gasteiger partial charge in [0.25, 0.3) is 5.91 Å². The van der Waals surface area contributed by atoms with Crippen molar-refractivity contribution in [2.75, 3.05) is 13.2 Å². The van der Waals surface area contributed by atoms with Gasteiger partial charge in [0, 0.05) is 43.2 Å². The number of rotatable bonds is 13. The topological polar surface area (TPSA) is 80.2 Å². The quantitative estimate of drug-likeness (QED) is 0.126. The highest BCUT2D eigenvalue weighted by Crippen LogP contribution is 2.43. The molecule has 0 bridgehead atoms. The fourth-order valence-corrected chi connectivity index (χ4v) is 5.73. The van der Waals surface area contributed by atoms with Gasteiger partial charge in [0.2, 0.25) is 5.90 Å². The highest BCUT2D eigenvalue weighted by Gasteiger charge is 2.52. The Morgan fingerprint density at radius 1 is 0.857 bits per heavy atom. The first-order valence-corrected chi connectivity index (χ1v) is 16.1. The van der Waals surface area contributed by atoms with Gasteiger partial charge < -0.3 is 19.9 Å². The smallest absolute Gasteiger partial charge is 0.252 e. The molecule has 1 amide bonds. The fraction of sp³-hybridized carbons (Fsp3) is 0.171.